The van der Waals surface area contributed by atoms with Crippen LogP contribution in [0.3, 0.4) is 0 Å². The molecular formula is C16H17FN2O2. The molecule has 0 radical (unpaired) electrons. The van der Waals surface area contributed by atoms with Gasteiger partial charge in [-0.25, -0.2) is 4.39 Å². The van der Waals surface area contributed by atoms with Crippen molar-refractivity contribution in [3.8, 4) is 0 Å². The molecule has 1 aromatic carbocycles. The molecule has 1 aromatic heterocycles. The first kappa shape index (κ1) is 15.0. The molecule has 0 aliphatic heterocycles. The predicted molar refractivity (Wildman–Crippen MR) is 78.6 cm³/mol. The number of aromatic amines is 1. The molecule has 0 aliphatic carbocycles. The second-order valence-corrected chi connectivity index (χ2v) is 4.76. The number of carbonyl (C=O) groups excluding carboxylic acids is 1. The zero-order chi connectivity index (χ0) is 15.4. The van der Waals surface area contributed by atoms with E-state index in [2.05, 4.69) is 4.98 Å². The smallest absolute Gasteiger partial charge is 0.254 e. The van der Waals surface area contributed by atoms with Crippen LogP contribution in [0.4, 0.5) is 4.39 Å². The van der Waals surface area contributed by atoms with Crippen molar-refractivity contribution in [2.75, 3.05) is 6.54 Å². The standard InChI is InChI=1S/C16H17FN2O2/c1-3-19(11(2)12-4-6-14(17)7-5-12)16(21)13-8-9-18-15(20)10-13/h4-11H,3H2,1-2H3,(H,18,20). The minimum Gasteiger partial charge on any atom is -0.332 e. The molecule has 0 saturated carbocycles. The van der Waals surface area contributed by atoms with Gasteiger partial charge in [0.25, 0.3) is 5.91 Å². The lowest BCUT2D eigenvalue weighted by molar-refractivity contribution is 0.0702. The van der Waals surface area contributed by atoms with Gasteiger partial charge in [-0.3, -0.25) is 9.59 Å². The molecule has 0 spiro atoms. The van der Waals surface area contributed by atoms with Crippen LogP contribution in [0.25, 0.3) is 0 Å². The van der Waals surface area contributed by atoms with Crippen LogP contribution in [0, 0.1) is 5.82 Å². The van der Waals surface area contributed by atoms with E-state index < -0.39 is 0 Å². The van der Waals surface area contributed by atoms with Gasteiger partial charge in [-0.2, -0.15) is 0 Å². The topological polar surface area (TPSA) is 53.2 Å². The molecule has 1 atom stereocenters. The van der Waals surface area contributed by atoms with E-state index >= 15 is 0 Å². The van der Waals surface area contributed by atoms with E-state index in [0.717, 1.165) is 5.56 Å². The Kier molecular flexibility index (Phi) is 4.52. The van der Waals surface area contributed by atoms with Crippen molar-refractivity contribution >= 4 is 5.91 Å². The third-order valence-corrected chi connectivity index (χ3v) is 3.44. The van der Waals surface area contributed by atoms with Gasteiger partial charge >= 0.3 is 0 Å². The van der Waals surface area contributed by atoms with Crippen LogP contribution in [0.1, 0.15) is 35.8 Å². The van der Waals surface area contributed by atoms with Crippen LogP contribution < -0.4 is 5.56 Å². The Morgan fingerprint density at radius 1 is 1.29 bits per heavy atom. The minimum atomic E-state index is -0.314. The average molecular weight is 288 g/mol. The molecule has 2 aromatic rings. The van der Waals surface area contributed by atoms with Gasteiger partial charge < -0.3 is 9.88 Å². The van der Waals surface area contributed by atoms with Crippen LogP contribution >= 0.6 is 0 Å². The van der Waals surface area contributed by atoms with Crippen LogP contribution in [-0.4, -0.2) is 22.3 Å². The molecule has 0 aliphatic rings. The molecule has 1 unspecified atom stereocenters. The Labute approximate surface area is 122 Å². The summed E-state index contributed by atoms with van der Waals surface area (Å²) in [5, 5.41) is 0. The summed E-state index contributed by atoms with van der Waals surface area (Å²) in [7, 11) is 0. The number of amides is 1. The number of carbonyl (C=O) groups is 1. The Balaban J connectivity index is 2.28. The zero-order valence-electron chi connectivity index (χ0n) is 12.0. The number of aromatic nitrogens is 1. The highest BCUT2D eigenvalue weighted by atomic mass is 19.1. The normalized spacial score (nSPS) is 12.0. The predicted octanol–water partition coefficient (Wildman–Crippen LogP) is 2.74. The maximum Gasteiger partial charge on any atom is 0.254 e. The molecule has 4 nitrogen and oxygen atoms in total. The van der Waals surface area contributed by atoms with Crippen LogP contribution in [0.5, 0.6) is 0 Å². The van der Waals surface area contributed by atoms with Crippen molar-refractivity contribution < 1.29 is 9.18 Å². The van der Waals surface area contributed by atoms with Gasteiger partial charge in [-0.1, -0.05) is 12.1 Å². The minimum absolute atomic E-state index is 0.206. The van der Waals surface area contributed by atoms with Gasteiger partial charge in [-0.15, -0.1) is 0 Å². The summed E-state index contributed by atoms with van der Waals surface area (Å²) in [6, 6.07) is 8.71. The van der Waals surface area contributed by atoms with Crippen LogP contribution in [-0.2, 0) is 0 Å². The average Bonchev–Trinajstić information content (AvgIpc) is 2.48. The van der Waals surface area contributed by atoms with Crippen molar-refractivity contribution in [2.45, 2.75) is 19.9 Å². The van der Waals surface area contributed by atoms with E-state index in [-0.39, 0.29) is 23.3 Å². The number of halogens is 1. The summed E-state index contributed by atoms with van der Waals surface area (Å²) in [5.41, 5.74) is 0.873. The van der Waals surface area contributed by atoms with E-state index in [4.69, 9.17) is 0 Å². The summed E-state index contributed by atoms with van der Waals surface area (Å²) < 4.78 is 13.0. The van der Waals surface area contributed by atoms with Gasteiger partial charge in [0.15, 0.2) is 0 Å². The van der Waals surface area contributed by atoms with E-state index in [1.54, 1.807) is 23.1 Å². The summed E-state index contributed by atoms with van der Waals surface area (Å²) in [5.74, 6) is -0.532. The largest absolute Gasteiger partial charge is 0.332 e. The molecule has 1 N–H and O–H groups in total. The lowest BCUT2D eigenvalue weighted by Gasteiger charge is -2.28. The molecule has 5 heteroatoms. The summed E-state index contributed by atoms with van der Waals surface area (Å²) in [4.78, 5) is 27.9. The maximum atomic E-state index is 13.0. The van der Waals surface area contributed by atoms with Gasteiger partial charge in [-0.05, 0) is 37.6 Å². The lowest BCUT2D eigenvalue weighted by atomic mass is 10.1. The number of H-pyrrole nitrogens is 1. The number of nitrogens with one attached hydrogen (secondary N) is 1. The molecule has 2 rings (SSSR count). The van der Waals surface area contributed by atoms with Gasteiger partial charge in [0.1, 0.15) is 5.82 Å². The number of pyridine rings is 1. The lowest BCUT2D eigenvalue weighted by Crippen LogP contribution is -2.34. The first-order valence-electron chi connectivity index (χ1n) is 6.78. The SMILES string of the molecule is CCN(C(=O)c1cc[nH]c(=O)c1)C(C)c1ccc(F)cc1. The zero-order valence-corrected chi connectivity index (χ0v) is 12.0. The molecule has 1 heterocycles. The Bertz CT molecular complexity index is 679. The number of hydrogen-bond acceptors (Lipinski definition) is 2. The molecule has 0 fully saturated rings. The first-order valence-corrected chi connectivity index (χ1v) is 6.78. The third-order valence-electron chi connectivity index (χ3n) is 3.44. The van der Waals surface area contributed by atoms with Crippen molar-refractivity contribution in [2.24, 2.45) is 0 Å². The molecule has 0 bridgehead atoms. The van der Waals surface area contributed by atoms with E-state index in [1.165, 1.54) is 24.4 Å². The van der Waals surface area contributed by atoms with Gasteiger partial charge in [0.05, 0.1) is 6.04 Å². The van der Waals surface area contributed by atoms with E-state index in [9.17, 15) is 14.0 Å². The third kappa shape index (κ3) is 3.37. The van der Waals surface area contributed by atoms with Crippen LogP contribution in [0.2, 0.25) is 0 Å². The van der Waals surface area contributed by atoms with Crippen molar-refractivity contribution in [3.05, 3.63) is 69.9 Å². The highest BCUT2D eigenvalue weighted by Gasteiger charge is 2.21. The quantitative estimate of drug-likeness (QED) is 0.940. The highest BCUT2D eigenvalue weighted by Crippen LogP contribution is 2.22. The Morgan fingerprint density at radius 3 is 2.52 bits per heavy atom. The highest BCUT2D eigenvalue weighted by molar-refractivity contribution is 5.94. The Hall–Kier alpha value is -2.43. The summed E-state index contributed by atoms with van der Waals surface area (Å²) in [6.45, 7) is 4.23. The fourth-order valence-corrected chi connectivity index (χ4v) is 2.26. The van der Waals surface area contributed by atoms with E-state index in [0.29, 0.717) is 12.1 Å². The van der Waals surface area contributed by atoms with Crippen molar-refractivity contribution in [1.29, 1.82) is 0 Å². The second-order valence-electron chi connectivity index (χ2n) is 4.76. The fraction of sp³-hybridized carbons (Fsp3) is 0.250. The van der Waals surface area contributed by atoms with Crippen molar-refractivity contribution in [1.82, 2.24) is 9.88 Å². The van der Waals surface area contributed by atoms with Gasteiger partial charge in [0, 0.05) is 24.4 Å². The maximum absolute atomic E-state index is 13.0. The van der Waals surface area contributed by atoms with Gasteiger partial charge in [0.2, 0.25) is 5.56 Å². The first-order chi connectivity index (χ1) is 10.0. The number of nitrogens with zero attached hydrogens (tertiary/aromatic N) is 1. The molecular weight excluding hydrogens is 271 g/mol. The summed E-state index contributed by atoms with van der Waals surface area (Å²) >= 11 is 0. The van der Waals surface area contributed by atoms with Crippen molar-refractivity contribution in [3.63, 3.8) is 0 Å². The second kappa shape index (κ2) is 6.35. The molecule has 0 saturated heterocycles. The number of hydrogen-bond donors (Lipinski definition) is 1. The van der Waals surface area contributed by atoms with E-state index in [1.807, 2.05) is 13.8 Å². The van der Waals surface area contributed by atoms with Crippen LogP contribution in [0.15, 0.2) is 47.4 Å². The molecule has 110 valence electrons. The molecule has 21 heavy (non-hydrogen) atoms. The summed E-state index contributed by atoms with van der Waals surface area (Å²) in [6.07, 6.45) is 1.45. The monoisotopic (exact) mass is 288 g/mol. The number of rotatable bonds is 4. The molecule has 1 amide bonds. The Morgan fingerprint density at radius 2 is 1.95 bits per heavy atom. The fourth-order valence-electron chi connectivity index (χ4n) is 2.26. The number of benzene rings is 1.